The highest BCUT2D eigenvalue weighted by atomic mass is 35.5. The van der Waals surface area contributed by atoms with Gasteiger partial charge in [-0.2, -0.15) is 0 Å². The highest BCUT2D eigenvalue weighted by Gasteiger charge is 2.18. The van der Waals surface area contributed by atoms with Crippen LogP contribution in [0.2, 0.25) is 0 Å². The maximum atomic E-state index is 12.6. The van der Waals surface area contributed by atoms with Crippen LogP contribution in [0, 0.1) is 0 Å². The van der Waals surface area contributed by atoms with E-state index in [1.807, 2.05) is 0 Å². The summed E-state index contributed by atoms with van der Waals surface area (Å²) in [6.45, 7) is -0.515. The van der Waals surface area contributed by atoms with Crippen LogP contribution < -0.4 is 4.74 Å². The zero-order chi connectivity index (χ0) is 11.4. The summed E-state index contributed by atoms with van der Waals surface area (Å²) >= 11 is 5.54. The molecule has 0 aliphatic heterocycles. The van der Waals surface area contributed by atoms with E-state index in [-0.39, 0.29) is 28.6 Å². The van der Waals surface area contributed by atoms with Crippen molar-refractivity contribution in [3.8, 4) is 5.88 Å². The van der Waals surface area contributed by atoms with Gasteiger partial charge in [-0.25, -0.2) is 13.8 Å². The van der Waals surface area contributed by atoms with E-state index in [0.29, 0.717) is 0 Å². The number of ether oxygens (including phenoxy) is 1. The van der Waals surface area contributed by atoms with Crippen molar-refractivity contribution in [1.29, 1.82) is 0 Å². The lowest BCUT2D eigenvalue weighted by Crippen LogP contribution is -2.04. The van der Waals surface area contributed by atoms with E-state index in [2.05, 4.69) is 4.98 Å². The molecule has 15 heavy (non-hydrogen) atoms. The zero-order valence-electron chi connectivity index (χ0n) is 8.01. The van der Waals surface area contributed by atoms with Crippen molar-refractivity contribution >= 4 is 11.6 Å². The maximum absolute atomic E-state index is 12.6. The monoisotopic (exact) mass is 237 g/mol. The zero-order valence-corrected chi connectivity index (χ0v) is 8.76. The van der Waals surface area contributed by atoms with E-state index < -0.39 is 13.0 Å². The first-order valence-corrected chi connectivity index (χ1v) is 4.69. The van der Waals surface area contributed by atoms with Crippen molar-refractivity contribution in [3.05, 3.63) is 22.9 Å². The van der Waals surface area contributed by atoms with E-state index in [9.17, 15) is 8.78 Å². The average molecular weight is 238 g/mol. The summed E-state index contributed by atoms with van der Waals surface area (Å²) in [6.07, 6.45) is -2.69. The second-order valence-corrected chi connectivity index (χ2v) is 3.04. The van der Waals surface area contributed by atoms with Gasteiger partial charge in [-0.15, -0.1) is 11.6 Å². The van der Waals surface area contributed by atoms with Crippen LogP contribution in [0.25, 0.3) is 0 Å². The SMILES string of the molecule is COc1cc(C(F)F)c(CO)c(CCl)n1. The molecular weight excluding hydrogens is 228 g/mol. The quantitative estimate of drug-likeness (QED) is 0.817. The highest BCUT2D eigenvalue weighted by molar-refractivity contribution is 6.17. The molecule has 1 rings (SSSR count). The van der Waals surface area contributed by atoms with Gasteiger partial charge in [0.25, 0.3) is 6.43 Å². The Morgan fingerprint density at radius 2 is 2.27 bits per heavy atom. The Labute approximate surface area is 90.7 Å². The van der Waals surface area contributed by atoms with Crippen molar-refractivity contribution in [2.75, 3.05) is 7.11 Å². The molecule has 0 radical (unpaired) electrons. The predicted octanol–water partition coefficient (Wildman–Crippen LogP) is 2.26. The fraction of sp³-hybridized carbons (Fsp3) is 0.444. The Morgan fingerprint density at radius 3 is 2.67 bits per heavy atom. The molecule has 84 valence electrons. The van der Waals surface area contributed by atoms with Gasteiger partial charge in [0.1, 0.15) is 0 Å². The Balaban J connectivity index is 3.32. The third kappa shape index (κ3) is 2.54. The Hall–Kier alpha value is -0.940. The molecule has 0 spiro atoms. The molecule has 6 heteroatoms. The van der Waals surface area contributed by atoms with E-state index in [4.69, 9.17) is 21.4 Å². The van der Waals surface area contributed by atoms with Crippen molar-refractivity contribution < 1.29 is 18.6 Å². The second-order valence-electron chi connectivity index (χ2n) is 2.77. The summed E-state index contributed by atoms with van der Waals surface area (Å²) in [5.41, 5.74) is -0.00498. The molecule has 0 aliphatic carbocycles. The van der Waals surface area contributed by atoms with Crippen LogP contribution >= 0.6 is 11.6 Å². The lowest BCUT2D eigenvalue weighted by molar-refractivity contribution is 0.146. The molecule has 0 aromatic carbocycles. The Kier molecular flexibility index (Phi) is 4.23. The number of nitrogens with zero attached hydrogens (tertiary/aromatic N) is 1. The van der Waals surface area contributed by atoms with Gasteiger partial charge in [0.05, 0.1) is 25.3 Å². The fourth-order valence-electron chi connectivity index (χ4n) is 1.21. The number of hydrogen-bond donors (Lipinski definition) is 1. The molecule has 0 atom stereocenters. The van der Waals surface area contributed by atoms with Crippen LogP contribution in [0.1, 0.15) is 23.2 Å². The molecule has 0 saturated heterocycles. The fourth-order valence-corrected chi connectivity index (χ4v) is 1.43. The summed E-state index contributed by atoms with van der Waals surface area (Å²) in [6, 6.07) is 1.10. The molecule has 1 heterocycles. The number of hydrogen-bond acceptors (Lipinski definition) is 3. The summed E-state index contributed by atoms with van der Waals surface area (Å²) < 4.78 is 30.0. The second kappa shape index (κ2) is 5.23. The molecule has 0 amide bonds. The summed E-state index contributed by atoms with van der Waals surface area (Å²) in [4.78, 5) is 3.88. The third-order valence-corrected chi connectivity index (χ3v) is 2.20. The topological polar surface area (TPSA) is 42.4 Å². The maximum Gasteiger partial charge on any atom is 0.264 e. The molecule has 1 aromatic rings. The number of alkyl halides is 3. The standard InChI is InChI=1S/C9H10ClF2NO2/c1-15-8-2-5(9(11)12)6(4-14)7(3-10)13-8/h2,9,14H,3-4H2,1H3. The third-order valence-electron chi connectivity index (χ3n) is 1.95. The van der Waals surface area contributed by atoms with Gasteiger partial charge in [0.2, 0.25) is 5.88 Å². The lowest BCUT2D eigenvalue weighted by Gasteiger charge is -2.12. The first kappa shape index (κ1) is 12.1. The molecule has 0 fully saturated rings. The number of pyridine rings is 1. The van der Waals surface area contributed by atoms with Crippen LogP contribution in [-0.4, -0.2) is 17.2 Å². The van der Waals surface area contributed by atoms with Crippen molar-refractivity contribution in [2.45, 2.75) is 18.9 Å². The number of aliphatic hydroxyl groups excluding tert-OH is 1. The van der Waals surface area contributed by atoms with Crippen LogP contribution in [0.3, 0.4) is 0 Å². The minimum absolute atomic E-state index is 0.0488. The Bertz CT molecular complexity index is 347. The number of methoxy groups -OCH3 is 1. The van der Waals surface area contributed by atoms with Crippen LogP contribution in [0.5, 0.6) is 5.88 Å². The average Bonchev–Trinajstić information content (AvgIpc) is 2.26. The minimum Gasteiger partial charge on any atom is -0.481 e. The van der Waals surface area contributed by atoms with Gasteiger partial charge in [0.15, 0.2) is 0 Å². The molecule has 0 saturated carbocycles. The smallest absolute Gasteiger partial charge is 0.264 e. The van der Waals surface area contributed by atoms with Crippen LogP contribution in [0.15, 0.2) is 6.07 Å². The first-order valence-electron chi connectivity index (χ1n) is 4.15. The molecule has 0 aliphatic rings. The number of aliphatic hydroxyl groups is 1. The summed E-state index contributed by atoms with van der Waals surface area (Å²) in [7, 11) is 1.33. The van der Waals surface area contributed by atoms with Gasteiger partial charge in [-0.05, 0) is 0 Å². The molecule has 0 bridgehead atoms. The largest absolute Gasteiger partial charge is 0.481 e. The molecular formula is C9H10ClF2NO2. The van der Waals surface area contributed by atoms with Crippen LogP contribution in [0.4, 0.5) is 8.78 Å². The molecule has 1 N–H and O–H groups in total. The number of aromatic nitrogens is 1. The molecule has 3 nitrogen and oxygen atoms in total. The van der Waals surface area contributed by atoms with E-state index >= 15 is 0 Å². The predicted molar refractivity (Wildman–Crippen MR) is 51.2 cm³/mol. The summed E-state index contributed by atoms with van der Waals surface area (Å²) in [5.74, 6) is 0.0189. The number of rotatable bonds is 4. The van der Waals surface area contributed by atoms with Crippen molar-refractivity contribution in [2.24, 2.45) is 0 Å². The molecule has 1 aromatic heterocycles. The van der Waals surface area contributed by atoms with Crippen molar-refractivity contribution in [3.63, 3.8) is 0 Å². The lowest BCUT2D eigenvalue weighted by atomic mass is 10.1. The van der Waals surface area contributed by atoms with Gasteiger partial charge >= 0.3 is 0 Å². The van der Waals surface area contributed by atoms with Crippen molar-refractivity contribution in [1.82, 2.24) is 4.98 Å². The normalized spacial score (nSPS) is 10.8. The van der Waals surface area contributed by atoms with E-state index in [1.165, 1.54) is 7.11 Å². The van der Waals surface area contributed by atoms with E-state index in [0.717, 1.165) is 6.07 Å². The van der Waals surface area contributed by atoms with Gasteiger partial charge in [0, 0.05) is 17.2 Å². The molecule has 0 unspecified atom stereocenters. The first-order chi connectivity index (χ1) is 7.13. The highest BCUT2D eigenvalue weighted by Crippen LogP contribution is 2.28. The minimum atomic E-state index is -2.69. The van der Waals surface area contributed by atoms with E-state index in [1.54, 1.807) is 0 Å². The van der Waals surface area contributed by atoms with Gasteiger partial charge in [-0.3, -0.25) is 0 Å². The van der Waals surface area contributed by atoms with Gasteiger partial charge in [-0.1, -0.05) is 0 Å². The summed E-state index contributed by atoms with van der Waals surface area (Å²) in [5, 5.41) is 8.97. The van der Waals surface area contributed by atoms with Crippen LogP contribution in [-0.2, 0) is 12.5 Å². The Morgan fingerprint density at radius 1 is 1.60 bits per heavy atom. The number of halogens is 3. The van der Waals surface area contributed by atoms with Gasteiger partial charge < -0.3 is 9.84 Å².